The Morgan fingerprint density at radius 1 is 1.44 bits per heavy atom. The van der Waals surface area contributed by atoms with Crippen molar-refractivity contribution in [3.8, 4) is 0 Å². The van der Waals surface area contributed by atoms with Crippen LogP contribution in [0.1, 0.15) is 56.3 Å². The van der Waals surface area contributed by atoms with Crippen molar-refractivity contribution in [2.75, 3.05) is 6.61 Å². The summed E-state index contributed by atoms with van der Waals surface area (Å²) in [5.74, 6) is 0. The molecule has 1 atom stereocenters. The standard InChI is InChI=1S/C14H25N3O/c1-3-13-12(9-17(2)16-13)14(10-18)15-11-7-5-4-6-8-11/h9,11,14-15,18H,3-8,10H2,1-2H3. The van der Waals surface area contributed by atoms with Gasteiger partial charge in [0.25, 0.3) is 0 Å². The van der Waals surface area contributed by atoms with Gasteiger partial charge in [-0.2, -0.15) is 5.10 Å². The van der Waals surface area contributed by atoms with Crippen LogP contribution >= 0.6 is 0 Å². The van der Waals surface area contributed by atoms with Crippen LogP contribution in [0.3, 0.4) is 0 Å². The van der Waals surface area contributed by atoms with E-state index in [0.29, 0.717) is 6.04 Å². The third-order valence-electron chi connectivity index (χ3n) is 3.87. The van der Waals surface area contributed by atoms with E-state index in [2.05, 4.69) is 17.3 Å². The fraction of sp³-hybridized carbons (Fsp3) is 0.786. The van der Waals surface area contributed by atoms with Crippen molar-refractivity contribution >= 4 is 0 Å². The fourth-order valence-corrected chi connectivity index (χ4v) is 2.91. The minimum absolute atomic E-state index is 0.0387. The zero-order chi connectivity index (χ0) is 13.0. The Morgan fingerprint density at radius 2 is 2.17 bits per heavy atom. The van der Waals surface area contributed by atoms with Gasteiger partial charge >= 0.3 is 0 Å². The molecule has 1 aliphatic rings. The number of aryl methyl sites for hydroxylation is 2. The zero-order valence-electron chi connectivity index (χ0n) is 11.5. The maximum atomic E-state index is 9.64. The molecule has 1 heterocycles. The average molecular weight is 251 g/mol. The molecule has 1 saturated carbocycles. The van der Waals surface area contributed by atoms with Crippen molar-refractivity contribution in [3.05, 3.63) is 17.5 Å². The summed E-state index contributed by atoms with van der Waals surface area (Å²) in [4.78, 5) is 0. The minimum atomic E-state index is 0.0387. The number of hydrogen-bond donors (Lipinski definition) is 2. The Labute approximate surface area is 109 Å². The zero-order valence-corrected chi connectivity index (χ0v) is 11.5. The Bertz CT molecular complexity index is 369. The van der Waals surface area contributed by atoms with Crippen LogP contribution in [-0.4, -0.2) is 27.5 Å². The molecule has 0 bridgehead atoms. The van der Waals surface area contributed by atoms with Gasteiger partial charge in [0.2, 0.25) is 0 Å². The van der Waals surface area contributed by atoms with E-state index in [0.717, 1.165) is 17.7 Å². The molecule has 0 saturated heterocycles. The summed E-state index contributed by atoms with van der Waals surface area (Å²) in [5, 5.41) is 17.7. The molecule has 0 aliphatic heterocycles. The number of aliphatic hydroxyl groups excluding tert-OH is 1. The van der Waals surface area contributed by atoms with E-state index in [1.807, 2.05) is 17.9 Å². The molecule has 1 aliphatic carbocycles. The van der Waals surface area contributed by atoms with Gasteiger partial charge in [-0.25, -0.2) is 0 Å². The second kappa shape index (κ2) is 6.34. The number of nitrogens with one attached hydrogen (secondary N) is 1. The van der Waals surface area contributed by atoms with E-state index in [9.17, 15) is 5.11 Å². The highest BCUT2D eigenvalue weighted by molar-refractivity contribution is 5.21. The van der Waals surface area contributed by atoms with Gasteiger partial charge in [-0.1, -0.05) is 26.2 Å². The number of hydrogen-bond acceptors (Lipinski definition) is 3. The molecule has 1 aromatic rings. The highest BCUT2D eigenvalue weighted by atomic mass is 16.3. The second-order valence-corrected chi connectivity index (χ2v) is 5.30. The van der Waals surface area contributed by atoms with Crippen molar-refractivity contribution in [1.29, 1.82) is 0 Å². The number of nitrogens with zero attached hydrogens (tertiary/aromatic N) is 2. The third-order valence-corrected chi connectivity index (χ3v) is 3.87. The van der Waals surface area contributed by atoms with Gasteiger partial charge in [0.15, 0.2) is 0 Å². The first-order valence-corrected chi connectivity index (χ1v) is 7.14. The van der Waals surface area contributed by atoms with E-state index in [-0.39, 0.29) is 12.6 Å². The lowest BCUT2D eigenvalue weighted by Gasteiger charge is -2.27. The molecular formula is C14H25N3O. The summed E-state index contributed by atoms with van der Waals surface area (Å²) in [6.45, 7) is 2.26. The molecule has 102 valence electrons. The third kappa shape index (κ3) is 3.12. The largest absolute Gasteiger partial charge is 0.394 e. The van der Waals surface area contributed by atoms with E-state index in [1.54, 1.807) is 0 Å². The predicted octanol–water partition coefficient (Wildman–Crippen LogP) is 1.94. The second-order valence-electron chi connectivity index (χ2n) is 5.30. The Hall–Kier alpha value is -0.870. The van der Waals surface area contributed by atoms with Gasteiger partial charge in [0.1, 0.15) is 0 Å². The molecule has 1 unspecified atom stereocenters. The molecule has 1 fully saturated rings. The Kier molecular flexibility index (Phi) is 4.78. The maximum absolute atomic E-state index is 9.64. The van der Waals surface area contributed by atoms with Crippen LogP contribution < -0.4 is 5.32 Å². The van der Waals surface area contributed by atoms with Crippen molar-refractivity contribution in [1.82, 2.24) is 15.1 Å². The van der Waals surface area contributed by atoms with Gasteiger partial charge in [-0.15, -0.1) is 0 Å². The van der Waals surface area contributed by atoms with Gasteiger partial charge in [0.05, 0.1) is 18.3 Å². The van der Waals surface area contributed by atoms with Crippen LogP contribution in [0.4, 0.5) is 0 Å². The predicted molar refractivity (Wildman–Crippen MR) is 72.4 cm³/mol. The Morgan fingerprint density at radius 3 is 2.78 bits per heavy atom. The summed E-state index contributed by atoms with van der Waals surface area (Å²) in [5.41, 5.74) is 2.26. The van der Waals surface area contributed by atoms with Crippen LogP contribution in [-0.2, 0) is 13.5 Å². The molecule has 1 aromatic heterocycles. The van der Waals surface area contributed by atoms with Crippen LogP contribution in [0.15, 0.2) is 6.20 Å². The minimum Gasteiger partial charge on any atom is -0.394 e. The van der Waals surface area contributed by atoms with Crippen LogP contribution in [0.5, 0.6) is 0 Å². The summed E-state index contributed by atoms with van der Waals surface area (Å²) in [7, 11) is 1.94. The number of aromatic nitrogens is 2. The van der Waals surface area contributed by atoms with E-state index >= 15 is 0 Å². The van der Waals surface area contributed by atoms with Gasteiger partial charge in [-0.3, -0.25) is 4.68 Å². The van der Waals surface area contributed by atoms with Crippen molar-refractivity contribution in [3.63, 3.8) is 0 Å². The molecule has 4 heteroatoms. The highest BCUT2D eigenvalue weighted by Crippen LogP contribution is 2.23. The smallest absolute Gasteiger partial charge is 0.0670 e. The van der Waals surface area contributed by atoms with Crippen LogP contribution in [0.25, 0.3) is 0 Å². The van der Waals surface area contributed by atoms with Crippen molar-refractivity contribution < 1.29 is 5.11 Å². The van der Waals surface area contributed by atoms with E-state index in [4.69, 9.17) is 0 Å². The fourth-order valence-electron chi connectivity index (χ4n) is 2.91. The number of aliphatic hydroxyl groups is 1. The molecule has 4 nitrogen and oxygen atoms in total. The lowest BCUT2D eigenvalue weighted by Crippen LogP contribution is -2.36. The van der Waals surface area contributed by atoms with Gasteiger partial charge in [-0.05, 0) is 19.3 Å². The SMILES string of the molecule is CCc1nn(C)cc1C(CO)NC1CCCCC1. The molecule has 0 aromatic carbocycles. The monoisotopic (exact) mass is 251 g/mol. The maximum Gasteiger partial charge on any atom is 0.0670 e. The van der Waals surface area contributed by atoms with Crippen molar-refractivity contribution in [2.24, 2.45) is 7.05 Å². The first kappa shape index (κ1) is 13.6. The van der Waals surface area contributed by atoms with Crippen molar-refractivity contribution in [2.45, 2.75) is 57.5 Å². The summed E-state index contributed by atoms with van der Waals surface area (Å²) in [6, 6.07) is 0.595. The molecule has 2 N–H and O–H groups in total. The lowest BCUT2D eigenvalue weighted by atomic mass is 9.94. The summed E-state index contributed by atoms with van der Waals surface area (Å²) in [6.07, 6.45) is 9.40. The van der Waals surface area contributed by atoms with Crippen LogP contribution in [0.2, 0.25) is 0 Å². The number of rotatable bonds is 5. The molecule has 0 amide bonds. The van der Waals surface area contributed by atoms with Crippen LogP contribution in [0, 0.1) is 0 Å². The Balaban J connectivity index is 2.06. The van der Waals surface area contributed by atoms with Gasteiger partial charge < -0.3 is 10.4 Å². The summed E-state index contributed by atoms with van der Waals surface area (Å²) >= 11 is 0. The van der Waals surface area contributed by atoms with E-state index < -0.39 is 0 Å². The molecular weight excluding hydrogens is 226 g/mol. The summed E-state index contributed by atoms with van der Waals surface area (Å²) < 4.78 is 1.85. The molecule has 0 spiro atoms. The normalized spacial score (nSPS) is 19.1. The topological polar surface area (TPSA) is 50.1 Å². The first-order chi connectivity index (χ1) is 8.74. The quantitative estimate of drug-likeness (QED) is 0.841. The van der Waals surface area contributed by atoms with E-state index in [1.165, 1.54) is 32.1 Å². The molecule has 0 radical (unpaired) electrons. The molecule has 2 rings (SSSR count). The first-order valence-electron chi connectivity index (χ1n) is 7.14. The highest BCUT2D eigenvalue weighted by Gasteiger charge is 2.21. The van der Waals surface area contributed by atoms with Gasteiger partial charge in [0, 0.05) is 24.8 Å². The molecule has 18 heavy (non-hydrogen) atoms. The average Bonchev–Trinajstić information content (AvgIpc) is 2.78. The lowest BCUT2D eigenvalue weighted by molar-refractivity contribution is 0.219.